The summed E-state index contributed by atoms with van der Waals surface area (Å²) in [6, 6.07) is 5.15. The van der Waals surface area contributed by atoms with E-state index < -0.39 is 0 Å². The van der Waals surface area contributed by atoms with Crippen molar-refractivity contribution in [3.05, 3.63) is 28.8 Å². The molecule has 0 radical (unpaired) electrons. The Morgan fingerprint density at radius 3 is 2.40 bits per heavy atom. The molecule has 0 aliphatic rings. The number of phenols is 1. The van der Waals surface area contributed by atoms with Crippen molar-refractivity contribution in [2.45, 2.75) is 6.92 Å². The minimum atomic E-state index is 0. The van der Waals surface area contributed by atoms with Crippen molar-refractivity contribution in [1.29, 1.82) is 0 Å². The molecule has 0 atom stereocenters. The number of rotatable bonds is 0. The van der Waals surface area contributed by atoms with E-state index in [0.29, 0.717) is 5.02 Å². The number of hydrogen-bond donors (Lipinski definition) is 1. The van der Waals surface area contributed by atoms with E-state index in [9.17, 15) is 0 Å². The van der Waals surface area contributed by atoms with Crippen LogP contribution in [-0.2, 0) is 0 Å². The van der Waals surface area contributed by atoms with Crippen LogP contribution in [0.5, 0.6) is 5.75 Å². The first-order valence-corrected chi connectivity index (χ1v) is 3.03. The van der Waals surface area contributed by atoms with Crippen molar-refractivity contribution < 1.29 is 5.11 Å². The van der Waals surface area contributed by atoms with Crippen molar-refractivity contribution in [3.63, 3.8) is 0 Å². The van der Waals surface area contributed by atoms with Gasteiger partial charge in [-0.3, -0.25) is 0 Å². The van der Waals surface area contributed by atoms with Crippen LogP contribution in [0.4, 0.5) is 0 Å². The Balaban J connectivity index is 0.000000810. The number of aryl methyl sites for hydroxylation is 1. The molecule has 0 fully saturated rings. The molecule has 0 unspecified atom stereocenters. The van der Waals surface area contributed by atoms with Crippen molar-refractivity contribution in [1.82, 2.24) is 0 Å². The van der Waals surface area contributed by atoms with E-state index in [2.05, 4.69) is 0 Å². The Bertz CT molecular complexity index is 225. The van der Waals surface area contributed by atoms with Gasteiger partial charge in [-0.1, -0.05) is 17.7 Å². The molecule has 0 heterocycles. The van der Waals surface area contributed by atoms with Gasteiger partial charge >= 0.3 is 29.6 Å². The second-order valence-corrected chi connectivity index (χ2v) is 2.36. The van der Waals surface area contributed by atoms with Gasteiger partial charge in [0.05, 0.1) is 5.02 Å². The fourth-order valence-electron chi connectivity index (χ4n) is 0.623. The SMILES string of the molecule is Cc1ccc(Cl)c(O)c1.[NaH]. The summed E-state index contributed by atoms with van der Waals surface area (Å²) in [7, 11) is 0. The summed E-state index contributed by atoms with van der Waals surface area (Å²) in [5.74, 6) is 0.150. The van der Waals surface area contributed by atoms with Crippen LogP contribution in [0.1, 0.15) is 5.56 Å². The molecule has 0 aliphatic heterocycles. The zero-order valence-electron chi connectivity index (χ0n) is 5.06. The van der Waals surface area contributed by atoms with Crippen molar-refractivity contribution in [2.75, 3.05) is 0 Å². The monoisotopic (exact) mass is 166 g/mol. The molecular weight excluding hydrogens is 159 g/mol. The zero-order chi connectivity index (χ0) is 6.85. The van der Waals surface area contributed by atoms with Crippen molar-refractivity contribution in [2.24, 2.45) is 0 Å². The first kappa shape index (κ1) is 10.3. The molecule has 1 N–H and O–H groups in total. The molecule has 0 bridgehead atoms. The van der Waals surface area contributed by atoms with Gasteiger partial charge in [0.1, 0.15) is 5.75 Å². The zero-order valence-corrected chi connectivity index (χ0v) is 5.81. The summed E-state index contributed by atoms with van der Waals surface area (Å²) in [6.07, 6.45) is 0. The summed E-state index contributed by atoms with van der Waals surface area (Å²) in [6.45, 7) is 1.90. The third-order valence-corrected chi connectivity index (χ3v) is 1.42. The van der Waals surface area contributed by atoms with Gasteiger partial charge < -0.3 is 5.11 Å². The molecule has 3 heteroatoms. The Hall–Kier alpha value is 0.310. The fraction of sp³-hybridized carbons (Fsp3) is 0.143. The third-order valence-electron chi connectivity index (χ3n) is 1.10. The van der Waals surface area contributed by atoms with Crippen LogP contribution in [0.3, 0.4) is 0 Å². The van der Waals surface area contributed by atoms with Gasteiger partial charge in [-0.15, -0.1) is 0 Å². The van der Waals surface area contributed by atoms with E-state index in [4.69, 9.17) is 16.7 Å². The number of benzene rings is 1. The average Bonchev–Trinajstić information content (AvgIpc) is 1.80. The molecule has 1 rings (SSSR count). The van der Waals surface area contributed by atoms with Crippen LogP contribution in [0.2, 0.25) is 5.02 Å². The molecule has 0 aromatic heterocycles. The quantitative estimate of drug-likeness (QED) is 0.582. The van der Waals surface area contributed by atoms with Crippen molar-refractivity contribution in [3.8, 4) is 5.75 Å². The predicted molar refractivity (Wildman–Crippen MR) is 45.0 cm³/mol. The first-order chi connectivity index (χ1) is 4.20. The van der Waals surface area contributed by atoms with Gasteiger partial charge in [0.25, 0.3) is 0 Å². The average molecular weight is 167 g/mol. The van der Waals surface area contributed by atoms with Gasteiger partial charge in [-0.05, 0) is 24.6 Å². The van der Waals surface area contributed by atoms with Gasteiger partial charge in [-0.2, -0.15) is 0 Å². The molecule has 0 aliphatic carbocycles. The van der Waals surface area contributed by atoms with E-state index in [1.807, 2.05) is 13.0 Å². The third kappa shape index (κ3) is 2.51. The molecular formula is C7H8ClNaO. The van der Waals surface area contributed by atoms with Crippen LogP contribution in [0.15, 0.2) is 18.2 Å². The maximum absolute atomic E-state index is 8.97. The molecule has 1 aromatic carbocycles. The Kier molecular flexibility index (Phi) is 4.37. The topological polar surface area (TPSA) is 20.2 Å². The molecule has 1 nitrogen and oxygen atoms in total. The van der Waals surface area contributed by atoms with Gasteiger partial charge in [0.2, 0.25) is 0 Å². The fourth-order valence-corrected chi connectivity index (χ4v) is 0.740. The van der Waals surface area contributed by atoms with Crippen LogP contribution < -0.4 is 0 Å². The second kappa shape index (κ2) is 4.24. The summed E-state index contributed by atoms with van der Waals surface area (Å²) in [4.78, 5) is 0. The molecule has 10 heavy (non-hydrogen) atoms. The maximum atomic E-state index is 8.97. The molecule has 0 amide bonds. The molecule has 1 aromatic rings. The predicted octanol–water partition coefficient (Wildman–Crippen LogP) is 1.71. The van der Waals surface area contributed by atoms with E-state index in [1.54, 1.807) is 12.1 Å². The Morgan fingerprint density at radius 2 is 2.00 bits per heavy atom. The molecule has 0 saturated heterocycles. The van der Waals surface area contributed by atoms with Gasteiger partial charge in [0.15, 0.2) is 0 Å². The normalized spacial score (nSPS) is 8.60. The number of phenolic OH excluding ortho intramolecular Hbond substituents is 1. The summed E-state index contributed by atoms with van der Waals surface area (Å²) < 4.78 is 0. The van der Waals surface area contributed by atoms with E-state index in [-0.39, 0.29) is 35.3 Å². The van der Waals surface area contributed by atoms with Crippen LogP contribution in [0.25, 0.3) is 0 Å². The summed E-state index contributed by atoms with van der Waals surface area (Å²) >= 11 is 5.53. The van der Waals surface area contributed by atoms with Crippen LogP contribution in [-0.4, -0.2) is 34.7 Å². The minimum absolute atomic E-state index is 0. The standard InChI is InChI=1S/C7H7ClO.Na.H/c1-5-2-3-6(8)7(9)4-5;;/h2-4,9H,1H3;;. The van der Waals surface area contributed by atoms with Gasteiger partial charge in [-0.25, -0.2) is 0 Å². The Labute approximate surface area is 87.3 Å². The van der Waals surface area contributed by atoms with Crippen LogP contribution in [0, 0.1) is 6.92 Å². The van der Waals surface area contributed by atoms with Crippen LogP contribution >= 0.6 is 11.6 Å². The Morgan fingerprint density at radius 1 is 1.40 bits per heavy atom. The first-order valence-electron chi connectivity index (χ1n) is 2.65. The number of halogens is 1. The van der Waals surface area contributed by atoms with Crippen molar-refractivity contribution >= 4 is 41.2 Å². The van der Waals surface area contributed by atoms with E-state index >= 15 is 0 Å². The molecule has 50 valence electrons. The number of hydrogen-bond acceptors (Lipinski definition) is 1. The van der Waals surface area contributed by atoms with Gasteiger partial charge in [0, 0.05) is 0 Å². The molecule has 0 saturated carbocycles. The van der Waals surface area contributed by atoms with E-state index in [1.165, 1.54) is 0 Å². The summed E-state index contributed by atoms with van der Waals surface area (Å²) in [5, 5.41) is 9.37. The van der Waals surface area contributed by atoms with E-state index in [0.717, 1.165) is 5.56 Å². The molecule has 0 spiro atoms. The second-order valence-electron chi connectivity index (χ2n) is 1.95. The number of aromatic hydroxyl groups is 1. The summed E-state index contributed by atoms with van der Waals surface area (Å²) in [5.41, 5.74) is 1.01.